The minimum atomic E-state index is 0.515. The fraction of sp³-hybridized carbons (Fsp3) is 0.636. The summed E-state index contributed by atoms with van der Waals surface area (Å²) in [7, 11) is 0. The smallest absolute Gasteiger partial charge is 0.115 e. The maximum atomic E-state index is 4.29. The lowest BCUT2D eigenvalue weighted by Gasteiger charge is -2.05. The van der Waals surface area contributed by atoms with Crippen LogP contribution in [0.1, 0.15) is 44.0 Å². The van der Waals surface area contributed by atoms with Crippen LogP contribution < -0.4 is 0 Å². The lowest BCUT2D eigenvalue weighted by Crippen LogP contribution is -1.98. The Morgan fingerprint density at radius 2 is 2.15 bits per heavy atom. The van der Waals surface area contributed by atoms with Crippen molar-refractivity contribution >= 4 is 0 Å². The zero-order valence-electron chi connectivity index (χ0n) is 8.33. The van der Waals surface area contributed by atoms with Gasteiger partial charge < -0.3 is 0 Å². The van der Waals surface area contributed by atoms with Crippen LogP contribution in [0.5, 0.6) is 0 Å². The van der Waals surface area contributed by atoms with Crippen molar-refractivity contribution in [2.24, 2.45) is 5.92 Å². The highest BCUT2D eigenvalue weighted by Crippen LogP contribution is 2.32. The molecule has 0 atom stereocenters. The molecule has 0 unspecified atom stereocenters. The van der Waals surface area contributed by atoms with Gasteiger partial charge in [0.1, 0.15) is 6.33 Å². The highest BCUT2D eigenvalue weighted by molar-refractivity contribution is 5.12. The fourth-order valence-corrected chi connectivity index (χ4v) is 1.46. The van der Waals surface area contributed by atoms with Gasteiger partial charge in [0, 0.05) is 11.4 Å². The molecule has 1 fully saturated rings. The molecule has 1 aromatic heterocycles. The summed E-state index contributed by atoms with van der Waals surface area (Å²) in [6, 6.07) is 2.16. The van der Waals surface area contributed by atoms with Crippen LogP contribution in [0.3, 0.4) is 0 Å². The van der Waals surface area contributed by atoms with Crippen LogP contribution in [-0.2, 0) is 6.42 Å². The molecule has 13 heavy (non-hydrogen) atoms. The molecule has 0 aliphatic heterocycles. The molecule has 1 aliphatic rings. The van der Waals surface area contributed by atoms with Crippen LogP contribution in [0.2, 0.25) is 0 Å². The zero-order valence-corrected chi connectivity index (χ0v) is 8.33. The van der Waals surface area contributed by atoms with E-state index in [4.69, 9.17) is 0 Å². The SMILES string of the molecule is CC(C)c1cc(CC2CC2)ncn1. The van der Waals surface area contributed by atoms with Gasteiger partial charge in [0.05, 0.1) is 0 Å². The zero-order chi connectivity index (χ0) is 9.26. The quantitative estimate of drug-likeness (QED) is 0.707. The van der Waals surface area contributed by atoms with E-state index in [1.807, 2.05) is 0 Å². The van der Waals surface area contributed by atoms with Gasteiger partial charge in [-0.05, 0) is 37.2 Å². The van der Waals surface area contributed by atoms with Crippen LogP contribution in [0.25, 0.3) is 0 Å². The molecule has 1 aliphatic carbocycles. The van der Waals surface area contributed by atoms with E-state index in [-0.39, 0.29) is 0 Å². The molecule has 0 amide bonds. The monoisotopic (exact) mass is 176 g/mol. The Hall–Kier alpha value is -0.920. The number of aromatic nitrogens is 2. The summed E-state index contributed by atoms with van der Waals surface area (Å²) in [6.07, 6.45) is 5.64. The molecule has 70 valence electrons. The third-order valence-electron chi connectivity index (χ3n) is 2.53. The van der Waals surface area contributed by atoms with Crippen LogP contribution in [-0.4, -0.2) is 9.97 Å². The van der Waals surface area contributed by atoms with Crippen molar-refractivity contribution in [3.63, 3.8) is 0 Å². The maximum Gasteiger partial charge on any atom is 0.115 e. The molecule has 0 spiro atoms. The van der Waals surface area contributed by atoms with Crippen molar-refractivity contribution in [3.8, 4) is 0 Å². The Balaban J connectivity index is 2.11. The maximum absolute atomic E-state index is 4.29. The standard InChI is InChI=1S/C11H16N2/c1-8(2)11-6-10(12-7-13-11)5-9-3-4-9/h6-9H,3-5H2,1-2H3. The third kappa shape index (κ3) is 2.27. The van der Waals surface area contributed by atoms with Gasteiger partial charge in [-0.2, -0.15) is 0 Å². The van der Waals surface area contributed by atoms with Gasteiger partial charge in [-0.15, -0.1) is 0 Å². The lowest BCUT2D eigenvalue weighted by molar-refractivity contribution is 0.765. The molecule has 0 aromatic carbocycles. The first-order valence-corrected chi connectivity index (χ1v) is 5.06. The molecule has 2 rings (SSSR count). The predicted octanol–water partition coefficient (Wildman–Crippen LogP) is 2.55. The summed E-state index contributed by atoms with van der Waals surface area (Å²) >= 11 is 0. The molecule has 0 saturated heterocycles. The van der Waals surface area contributed by atoms with Gasteiger partial charge in [-0.25, -0.2) is 9.97 Å². The average molecular weight is 176 g/mol. The Morgan fingerprint density at radius 3 is 2.77 bits per heavy atom. The van der Waals surface area contributed by atoms with E-state index in [0.29, 0.717) is 5.92 Å². The normalized spacial score (nSPS) is 16.5. The second-order valence-electron chi connectivity index (χ2n) is 4.24. The Kier molecular flexibility index (Phi) is 2.30. The minimum Gasteiger partial charge on any atom is -0.241 e. The summed E-state index contributed by atoms with van der Waals surface area (Å²) in [5.41, 5.74) is 2.40. The topological polar surface area (TPSA) is 25.8 Å². The van der Waals surface area contributed by atoms with E-state index in [2.05, 4.69) is 29.9 Å². The van der Waals surface area contributed by atoms with Crippen molar-refractivity contribution in [1.82, 2.24) is 9.97 Å². The molecule has 1 heterocycles. The van der Waals surface area contributed by atoms with Gasteiger partial charge in [0.2, 0.25) is 0 Å². The van der Waals surface area contributed by atoms with Gasteiger partial charge in [-0.1, -0.05) is 13.8 Å². The van der Waals surface area contributed by atoms with Gasteiger partial charge in [0.25, 0.3) is 0 Å². The summed E-state index contributed by atoms with van der Waals surface area (Å²) in [5, 5.41) is 0. The first-order chi connectivity index (χ1) is 6.25. The van der Waals surface area contributed by atoms with E-state index in [0.717, 1.165) is 12.3 Å². The summed E-state index contributed by atoms with van der Waals surface area (Å²) in [4.78, 5) is 8.55. The number of rotatable bonds is 3. The molecular formula is C11H16N2. The molecule has 0 N–H and O–H groups in total. The largest absolute Gasteiger partial charge is 0.241 e. The number of nitrogens with zero attached hydrogens (tertiary/aromatic N) is 2. The Labute approximate surface area is 79.4 Å². The highest BCUT2D eigenvalue weighted by Gasteiger charge is 2.22. The molecule has 1 saturated carbocycles. The summed E-state index contributed by atoms with van der Waals surface area (Å²) in [6.45, 7) is 4.34. The molecule has 0 bridgehead atoms. The number of hydrogen-bond acceptors (Lipinski definition) is 2. The average Bonchev–Trinajstić information content (AvgIpc) is 2.89. The molecule has 2 heteroatoms. The van der Waals surface area contributed by atoms with Crippen LogP contribution in [0.15, 0.2) is 12.4 Å². The molecular weight excluding hydrogens is 160 g/mol. The van der Waals surface area contributed by atoms with Crippen LogP contribution in [0, 0.1) is 5.92 Å². The van der Waals surface area contributed by atoms with Crippen molar-refractivity contribution in [1.29, 1.82) is 0 Å². The van der Waals surface area contributed by atoms with Gasteiger partial charge in [-0.3, -0.25) is 0 Å². The fourth-order valence-electron chi connectivity index (χ4n) is 1.46. The molecule has 2 nitrogen and oxygen atoms in total. The van der Waals surface area contributed by atoms with E-state index in [1.54, 1.807) is 6.33 Å². The van der Waals surface area contributed by atoms with E-state index in [1.165, 1.54) is 24.2 Å². The van der Waals surface area contributed by atoms with Crippen molar-refractivity contribution in [3.05, 3.63) is 23.8 Å². The van der Waals surface area contributed by atoms with Crippen molar-refractivity contribution < 1.29 is 0 Å². The van der Waals surface area contributed by atoms with E-state index in [9.17, 15) is 0 Å². The summed E-state index contributed by atoms with van der Waals surface area (Å²) < 4.78 is 0. The second kappa shape index (κ2) is 3.44. The molecule has 0 radical (unpaired) electrons. The Bertz CT molecular complexity index is 290. The first-order valence-electron chi connectivity index (χ1n) is 5.06. The number of hydrogen-bond donors (Lipinski definition) is 0. The van der Waals surface area contributed by atoms with Crippen molar-refractivity contribution in [2.75, 3.05) is 0 Å². The minimum absolute atomic E-state index is 0.515. The van der Waals surface area contributed by atoms with Gasteiger partial charge >= 0.3 is 0 Å². The van der Waals surface area contributed by atoms with Gasteiger partial charge in [0.15, 0.2) is 0 Å². The summed E-state index contributed by atoms with van der Waals surface area (Å²) in [5.74, 6) is 1.43. The van der Waals surface area contributed by atoms with E-state index >= 15 is 0 Å². The third-order valence-corrected chi connectivity index (χ3v) is 2.53. The molecule has 1 aromatic rings. The lowest BCUT2D eigenvalue weighted by atomic mass is 10.1. The second-order valence-corrected chi connectivity index (χ2v) is 4.24. The van der Waals surface area contributed by atoms with Crippen LogP contribution >= 0.6 is 0 Å². The Morgan fingerprint density at radius 1 is 1.38 bits per heavy atom. The van der Waals surface area contributed by atoms with E-state index < -0.39 is 0 Å². The van der Waals surface area contributed by atoms with Crippen molar-refractivity contribution in [2.45, 2.75) is 39.0 Å². The first kappa shape index (κ1) is 8.67. The van der Waals surface area contributed by atoms with Crippen LogP contribution in [0.4, 0.5) is 0 Å². The predicted molar refractivity (Wildman–Crippen MR) is 52.5 cm³/mol. The highest BCUT2D eigenvalue weighted by atomic mass is 14.8.